The lowest BCUT2D eigenvalue weighted by Crippen LogP contribution is -2.20. The molecule has 0 radical (unpaired) electrons. The highest BCUT2D eigenvalue weighted by Gasteiger charge is 2.25. The number of thiophene rings is 1. The van der Waals surface area contributed by atoms with Crippen molar-refractivity contribution in [3.63, 3.8) is 0 Å². The third-order valence-corrected chi connectivity index (χ3v) is 3.49. The number of nitrogens with one attached hydrogen (secondary N) is 1. The van der Waals surface area contributed by atoms with Gasteiger partial charge in [0.2, 0.25) is 5.82 Å². The number of hydrogen-bond donors (Lipinski definition) is 2. The van der Waals surface area contributed by atoms with Crippen molar-refractivity contribution in [2.75, 3.05) is 5.32 Å². The Morgan fingerprint density at radius 1 is 1.62 bits per heavy atom. The van der Waals surface area contributed by atoms with E-state index in [4.69, 9.17) is 5.26 Å². The van der Waals surface area contributed by atoms with Gasteiger partial charge >= 0.3 is 11.7 Å². The van der Waals surface area contributed by atoms with Gasteiger partial charge in [0.15, 0.2) is 6.04 Å². The van der Waals surface area contributed by atoms with E-state index < -0.39 is 22.6 Å². The minimum absolute atomic E-state index is 0.0234. The molecule has 1 unspecified atom stereocenters. The quantitative estimate of drug-likeness (QED) is 0.639. The fraction of sp³-hybridized carbons (Fsp3) is 0.0833. The van der Waals surface area contributed by atoms with Gasteiger partial charge in [-0.2, -0.15) is 5.26 Å². The Bertz CT molecular complexity index is 723. The average Bonchev–Trinajstić information content (AvgIpc) is 2.98. The SMILES string of the molecule is N#Cc1cnc(NC(C(=O)O)c2cccs2)c([N+](=O)[O-])c1. The minimum Gasteiger partial charge on any atom is -0.479 e. The second-order valence-corrected chi connectivity index (χ2v) is 4.87. The van der Waals surface area contributed by atoms with Crippen molar-refractivity contribution >= 4 is 28.8 Å². The van der Waals surface area contributed by atoms with Gasteiger partial charge < -0.3 is 10.4 Å². The van der Waals surface area contributed by atoms with E-state index in [-0.39, 0.29) is 11.4 Å². The summed E-state index contributed by atoms with van der Waals surface area (Å²) in [6.07, 6.45) is 1.14. The van der Waals surface area contributed by atoms with E-state index in [0.29, 0.717) is 4.88 Å². The molecule has 0 aromatic carbocycles. The lowest BCUT2D eigenvalue weighted by atomic mass is 10.2. The second-order valence-electron chi connectivity index (χ2n) is 3.89. The number of carboxylic acids is 1. The number of carboxylic acid groups (broad SMARTS) is 1. The smallest absolute Gasteiger partial charge is 0.331 e. The molecule has 21 heavy (non-hydrogen) atoms. The Morgan fingerprint density at radius 2 is 2.38 bits per heavy atom. The van der Waals surface area contributed by atoms with Crippen LogP contribution in [-0.4, -0.2) is 21.0 Å². The molecule has 0 aliphatic rings. The third-order valence-electron chi connectivity index (χ3n) is 2.55. The summed E-state index contributed by atoms with van der Waals surface area (Å²) >= 11 is 1.21. The molecule has 9 heteroatoms. The summed E-state index contributed by atoms with van der Waals surface area (Å²) in [5, 5.41) is 33.2. The Morgan fingerprint density at radius 3 is 2.90 bits per heavy atom. The van der Waals surface area contributed by atoms with Crippen LogP contribution in [0.1, 0.15) is 16.5 Å². The topological polar surface area (TPSA) is 129 Å². The zero-order valence-corrected chi connectivity index (χ0v) is 11.2. The van der Waals surface area contributed by atoms with E-state index in [2.05, 4.69) is 10.3 Å². The molecule has 0 bridgehead atoms. The summed E-state index contributed by atoms with van der Waals surface area (Å²) in [4.78, 5) is 25.8. The van der Waals surface area contributed by atoms with Crippen molar-refractivity contribution in [1.82, 2.24) is 4.98 Å². The Hall–Kier alpha value is -2.99. The first-order valence-electron chi connectivity index (χ1n) is 5.60. The maximum atomic E-state index is 11.3. The van der Waals surface area contributed by atoms with Crippen molar-refractivity contribution < 1.29 is 14.8 Å². The number of nitrogens with zero attached hydrogens (tertiary/aromatic N) is 3. The number of rotatable bonds is 5. The summed E-state index contributed by atoms with van der Waals surface area (Å²) < 4.78 is 0. The summed E-state index contributed by atoms with van der Waals surface area (Å²) in [7, 11) is 0. The fourth-order valence-corrected chi connectivity index (χ4v) is 2.38. The molecule has 8 nitrogen and oxygen atoms in total. The monoisotopic (exact) mass is 304 g/mol. The first-order chi connectivity index (χ1) is 10.0. The minimum atomic E-state index is -1.18. The van der Waals surface area contributed by atoms with Gasteiger partial charge in [-0.25, -0.2) is 9.78 Å². The van der Waals surface area contributed by atoms with Crippen molar-refractivity contribution in [2.45, 2.75) is 6.04 Å². The normalized spacial score (nSPS) is 11.4. The van der Waals surface area contributed by atoms with Crippen LogP contribution < -0.4 is 5.32 Å². The van der Waals surface area contributed by atoms with Crippen LogP contribution in [0.5, 0.6) is 0 Å². The van der Waals surface area contributed by atoms with Gasteiger partial charge in [-0.15, -0.1) is 11.3 Å². The fourth-order valence-electron chi connectivity index (χ4n) is 1.61. The highest BCUT2D eigenvalue weighted by molar-refractivity contribution is 7.10. The zero-order valence-electron chi connectivity index (χ0n) is 10.4. The molecule has 0 fully saturated rings. The van der Waals surface area contributed by atoms with E-state index in [1.807, 2.05) is 0 Å². The van der Waals surface area contributed by atoms with Crippen molar-refractivity contribution in [1.29, 1.82) is 5.26 Å². The summed E-state index contributed by atoms with van der Waals surface area (Å²) in [6, 6.07) is 4.92. The van der Waals surface area contributed by atoms with Crippen molar-refractivity contribution in [3.05, 3.63) is 50.3 Å². The lowest BCUT2D eigenvalue weighted by Gasteiger charge is -2.13. The molecule has 2 aromatic heterocycles. The molecule has 2 rings (SSSR count). The molecule has 0 saturated carbocycles. The van der Waals surface area contributed by atoms with Crippen molar-refractivity contribution in [2.24, 2.45) is 0 Å². The standard InChI is InChI=1S/C12H8N4O4S/c13-5-7-4-8(16(19)20)11(14-6-7)15-10(12(17)18)9-2-1-3-21-9/h1-4,6,10H,(H,14,15)(H,17,18). The number of aliphatic carboxylic acids is 1. The Balaban J connectivity index is 2.40. The van der Waals surface area contributed by atoms with Crippen LogP contribution in [-0.2, 0) is 4.79 Å². The Labute approximate surface area is 122 Å². The van der Waals surface area contributed by atoms with E-state index in [9.17, 15) is 20.0 Å². The van der Waals surface area contributed by atoms with Crippen LogP contribution in [0.2, 0.25) is 0 Å². The van der Waals surface area contributed by atoms with E-state index in [0.717, 1.165) is 12.3 Å². The predicted molar refractivity (Wildman–Crippen MR) is 73.9 cm³/mol. The van der Waals surface area contributed by atoms with Crippen LogP contribution in [0, 0.1) is 21.4 Å². The highest BCUT2D eigenvalue weighted by Crippen LogP contribution is 2.28. The molecule has 1 atom stereocenters. The third kappa shape index (κ3) is 3.13. The van der Waals surface area contributed by atoms with Gasteiger partial charge in [0, 0.05) is 17.1 Å². The molecule has 0 aliphatic carbocycles. The summed E-state index contributed by atoms with van der Waals surface area (Å²) in [6.45, 7) is 0. The molecule has 106 valence electrons. The number of hydrogen-bond acceptors (Lipinski definition) is 7. The van der Waals surface area contributed by atoms with Crippen LogP contribution in [0.4, 0.5) is 11.5 Å². The van der Waals surface area contributed by atoms with E-state index >= 15 is 0 Å². The van der Waals surface area contributed by atoms with Crippen molar-refractivity contribution in [3.8, 4) is 6.07 Å². The molecule has 2 heterocycles. The number of carbonyl (C=O) groups is 1. The van der Waals surface area contributed by atoms with Gasteiger partial charge in [0.1, 0.15) is 6.07 Å². The highest BCUT2D eigenvalue weighted by atomic mass is 32.1. The van der Waals surface area contributed by atoms with Crippen LogP contribution in [0.15, 0.2) is 29.8 Å². The Kier molecular flexibility index (Phi) is 4.10. The summed E-state index contributed by atoms with van der Waals surface area (Å²) in [5.74, 6) is -1.38. The first kappa shape index (κ1) is 14.4. The van der Waals surface area contributed by atoms with Crippen LogP contribution in [0.3, 0.4) is 0 Å². The molecule has 2 N–H and O–H groups in total. The largest absolute Gasteiger partial charge is 0.479 e. The van der Waals surface area contributed by atoms with Gasteiger partial charge in [-0.05, 0) is 11.4 Å². The lowest BCUT2D eigenvalue weighted by molar-refractivity contribution is -0.384. The molecule has 0 amide bonds. The maximum Gasteiger partial charge on any atom is 0.331 e. The molecule has 2 aromatic rings. The molecule has 0 saturated heterocycles. The second kappa shape index (κ2) is 5.98. The number of pyridine rings is 1. The van der Waals surface area contributed by atoms with Gasteiger partial charge in [0.05, 0.1) is 10.5 Å². The predicted octanol–water partition coefficient (Wildman–Crippen LogP) is 2.16. The zero-order chi connectivity index (χ0) is 15.4. The molecule has 0 aliphatic heterocycles. The first-order valence-corrected chi connectivity index (χ1v) is 6.48. The number of anilines is 1. The van der Waals surface area contributed by atoms with E-state index in [1.165, 1.54) is 11.3 Å². The number of nitro groups is 1. The number of nitriles is 1. The molecular formula is C12H8N4O4S. The van der Waals surface area contributed by atoms with Gasteiger partial charge in [-0.1, -0.05) is 6.07 Å². The molecule has 0 spiro atoms. The summed E-state index contributed by atoms with van der Waals surface area (Å²) in [5.41, 5.74) is -0.424. The van der Waals surface area contributed by atoms with Gasteiger partial charge in [0.25, 0.3) is 0 Å². The number of aromatic nitrogens is 1. The average molecular weight is 304 g/mol. The van der Waals surface area contributed by atoms with Gasteiger partial charge in [-0.3, -0.25) is 10.1 Å². The van der Waals surface area contributed by atoms with Crippen LogP contribution >= 0.6 is 11.3 Å². The van der Waals surface area contributed by atoms with Crippen LogP contribution in [0.25, 0.3) is 0 Å². The van der Waals surface area contributed by atoms with E-state index in [1.54, 1.807) is 23.6 Å². The maximum absolute atomic E-state index is 11.3. The molecular weight excluding hydrogens is 296 g/mol.